The van der Waals surface area contributed by atoms with Crippen LogP contribution in [0.3, 0.4) is 0 Å². The number of carbonyl (C=O) groups is 1. The molecule has 0 aliphatic heterocycles. The summed E-state index contributed by atoms with van der Waals surface area (Å²) < 4.78 is 0. The predicted molar refractivity (Wildman–Crippen MR) is 40.3 cm³/mol. The van der Waals surface area contributed by atoms with Crippen molar-refractivity contribution >= 4 is 6.41 Å². The van der Waals surface area contributed by atoms with E-state index in [1.165, 1.54) is 25.7 Å². The van der Waals surface area contributed by atoms with Crippen LogP contribution in [0.5, 0.6) is 0 Å². The molecule has 1 saturated carbocycles. The molecule has 1 amide bonds. The number of primary amides is 1. The Labute approximate surface area is 61.1 Å². The van der Waals surface area contributed by atoms with Crippen LogP contribution in [0.15, 0.2) is 11.6 Å². The summed E-state index contributed by atoms with van der Waals surface area (Å²) >= 11 is 0. The lowest BCUT2D eigenvalue weighted by atomic mass is 10.1. The molecule has 1 atom stereocenters. The second-order valence-corrected chi connectivity index (χ2v) is 2.84. The minimum Gasteiger partial charge on any atom is -0.372 e. The van der Waals surface area contributed by atoms with Crippen LogP contribution < -0.4 is 5.73 Å². The van der Waals surface area contributed by atoms with Crippen molar-refractivity contribution in [2.75, 3.05) is 0 Å². The van der Waals surface area contributed by atoms with E-state index in [-0.39, 0.29) is 6.41 Å². The van der Waals surface area contributed by atoms with E-state index in [0.29, 0.717) is 0 Å². The first-order valence-electron chi connectivity index (χ1n) is 3.70. The van der Waals surface area contributed by atoms with Crippen LogP contribution in [0, 0.1) is 5.92 Å². The molecule has 0 spiro atoms. The number of amides is 1. The van der Waals surface area contributed by atoms with Crippen molar-refractivity contribution in [3.63, 3.8) is 0 Å². The van der Waals surface area contributed by atoms with Crippen molar-refractivity contribution in [3.8, 4) is 0 Å². The number of allylic oxidation sites excluding steroid dienone is 2. The van der Waals surface area contributed by atoms with Crippen molar-refractivity contribution in [2.45, 2.75) is 25.7 Å². The lowest BCUT2D eigenvalue weighted by molar-refractivity contribution is -0.106. The number of rotatable bonds is 0. The lowest BCUT2D eigenvalue weighted by Gasteiger charge is -1.98. The average molecular weight is 139 g/mol. The highest BCUT2D eigenvalue weighted by molar-refractivity contribution is 5.42. The van der Waals surface area contributed by atoms with Gasteiger partial charge in [0.2, 0.25) is 6.41 Å². The summed E-state index contributed by atoms with van der Waals surface area (Å²) in [6, 6.07) is 0. The Morgan fingerprint density at radius 3 is 2.50 bits per heavy atom. The number of carbonyl (C=O) groups excluding carboxylic acids is 1. The Morgan fingerprint density at radius 2 is 2.40 bits per heavy atom. The molecule has 0 aromatic rings. The lowest BCUT2D eigenvalue weighted by Crippen LogP contribution is -1.85. The molecular weight excluding hydrogens is 126 g/mol. The van der Waals surface area contributed by atoms with Crippen molar-refractivity contribution in [2.24, 2.45) is 11.7 Å². The SMILES string of the molecule is C1=C2CCC(C1)C2.NC=O. The van der Waals surface area contributed by atoms with Gasteiger partial charge in [0.25, 0.3) is 0 Å². The molecule has 2 aliphatic rings. The molecule has 0 aromatic carbocycles. The van der Waals surface area contributed by atoms with E-state index in [4.69, 9.17) is 4.79 Å². The molecule has 10 heavy (non-hydrogen) atoms. The highest BCUT2D eigenvalue weighted by Gasteiger charge is 2.22. The quantitative estimate of drug-likeness (QED) is 0.398. The van der Waals surface area contributed by atoms with Gasteiger partial charge < -0.3 is 5.73 Å². The first-order valence-corrected chi connectivity index (χ1v) is 3.70. The Hall–Kier alpha value is -0.790. The summed E-state index contributed by atoms with van der Waals surface area (Å²) in [5, 5.41) is 0. The Kier molecular flexibility index (Phi) is 2.49. The molecule has 0 radical (unpaired) electrons. The molecule has 2 aliphatic carbocycles. The minimum absolute atomic E-state index is 0.250. The maximum absolute atomic E-state index is 8.58. The van der Waals surface area contributed by atoms with Crippen LogP contribution >= 0.6 is 0 Å². The second kappa shape index (κ2) is 3.40. The molecule has 56 valence electrons. The number of hydrogen-bond acceptors (Lipinski definition) is 1. The van der Waals surface area contributed by atoms with E-state index < -0.39 is 0 Å². The van der Waals surface area contributed by atoms with Gasteiger partial charge in [-0.1, -0.05) is 11.6 Å². The first-order chi connectivity index (χ1) is 4.86. The van der Waals surface area contributed by atoms with Crippen molar-refractivity contribution in [1.29, 1.82) is 0 Å². The van der Waals surface area contributed by atoms with Gasteiger partial charge in [-0.15, -0.1) is 0 Å². The van der Waals surface area contributed by atoms with Crippen LogP contribution in [0.2, 0.25) is 0 Å². The van der Waals surface area contributed by atoms with Gasteiger partial charge >= 0.3 is 0 Å². The molecular formula is C8H13NO. The van der Waals surface area contributed by atoms with Gasteiger partial charge in [0.15, 0.2) is 0 Å². The summed E-state index contributed by atoms with van der Waals surface area (Å²) in [6.45, 7) is 0. The molecule has 0 heterocycles. The summed E-state index contributed by atoms with van der Waals surface area (Å²) in [5.41, 5.74) is 5.91. The van der Waals surface area contributed by atoms with Gasteiger partial charge in [-0.25, -0.2) is 0 Å². The van der Waals surface area contributed by atoms with Gasteiger partial charge in [0, 0.05) is 0 Å². The monoisotopic (exact) mass is 139 g/mol. The maximum atomic E-state index is 8.58. The second-order valence-electron chi connectivity index (χ2n) is 2.84. The fraction of sp³-hybridized carbons (Fsp3) is 0.625. The maximum Gasteiger partial charge on any atom is 0.204 e. The topological polar surface area (TPSA) is 43.1 Å². The number of nitrogens with two attached hydrogens (primary N) is 1. The van der Waals surface area contributed by atoms with Crippen LogP contribution in [0.4, 0.5) is 0 Å². The molecule has 1 fully saturated rings. The van der Waals surface area contributed by atoms with E-state index in [9.17, 15) is 0 Å². The highest BCUT2D eigenvalue weighted by atomic mass is 16.1. The Balaban J connectivity index is 0.000000148. The van der Waals surface area contributed by atoms with E-state index in [2.05, 4.69) is 11.8 Å². The summed E-state index contributed by atoms with van der Waals surface area (Å²) in [4.78, 5) is 8.58. The van der Waals surface area contributed by atoms with E-state index >= 15 is 0 Å². The van der Waals surface area contributed by atoms with E-state index in [0.717, 1.165) is 5.92 Å². The molecule has 2 N–H and O–H groups in total. The number of fused-ring (bicyclic) bond motifs is 2. The smallest absolute Gasteiger partial charge is 0.204 e. The third kappa shape index (κ3) is 1.59. The van der Waals surface area contributed by atoms with E-state index in [1.54, 1.807) is 5.57 Å². The highest BCUT2D eigenvalue weighted by Crippen LogP contribution is 2.38. The number of hydrogen-bond donors (Lipinski definition) is 1. The molecule has 0 saturated heterocycles. The zero-order valence-electron chi connectivity index (χ0n) is 6.05. The first kappa shape index (κ1) is 7.32. The van der Waals surface area contributed by atoms with Crippen LogP contribution in [-0.4, -0.2) is 6.41 Å². The normalized spacial score (nSPS) is 26.8. The standard InChI is InChI=1S/C7H10.CH3NO/c1-2-7-4-3-6(1)5-7;2-1-3/h1,7H,2-5H2;1H,(H2,2,3). The largest absolute Gasteiger partial charge is 0.372 e. The molecule has 1 unspecified atom stereocenters. The van der Waals surface area contributed by atoms with Crippen LogP contribution in [0.1, 0.15) is 25.7 Å². The summed E-state index contributed by atoms with van der Waals surface area (Å²) in [6.07, 6.45) is 8.43. The summed E-state index contributed by atoms with van der Waals surface area (Å²) in [7, 11) is 0. The zero-order valence-corrected chi connectivity index (χ0v) is 6.05. The molecule has 2 rings (SSSR count). The van der Waals surface area contributed by atoms with Gasteiger partial charge in [0.05, 0.1) is 0 Å². The van der Waals surface area contributed by atoms with Crippen molar-refractivity contribution < 1.29 is 4.79 Å². The average Bonchev–Trinajstić information content (AvgIpc) is 2.49. The molecule has 0 aromatic heterocycles. The van der Waals surface area contributed by atoms with Crippen molar-refractivity contribution in [1.82, 2.24) is 0 Å². The third-order valence-electron chi connectivity index (χ3n) is 2.16. The van der Waals surface area contributed by atoms with Gasteiger partial charge in [-0.05, 0) is 31.6 Å². The zero-order chi connectivity index (χ0) is 7.40. The van der Waals surface area contributed by atoms with Gasteiger partial charge in [-0.2, -0.15) is 0 Å². The van der Waals surface area contributed by atoms with Crippen LogP contribution in [0.25, 0.3) is 0 Å². The van der Waals surface area contributed by atoms with Gasteiger partial charge in [-0.3, -0.25) is 4.79 Å². The van der Waals surface area contributed by atoms with Crippen LogP contribution in [-0.2, 0) is 4.79 Å². The van der Waals surface area contributed by atoms with Gasteiger partial charge in [0.1, 0.15) is 0 Å². The Bertz CT molecular complexity index is 151. The molecule has 2 heteroatoms. The Morgan fingerprint density at radius 1 is 1.70 bits per heavy atom. The minimum atomic E-state index is 0.250. The van der Waals surface area contributed by atoms with Crippen molar-refractivity contribution in [3.05, 3.63) is 11.6 Å². The summed E-state index contributed by atoms with van der Waals surface area (Å²) in [5.74, 6) is 1.08. The van der Waals surface area contributed by atoms with E-state index in [1.807, 2.05) is 0 Å². The fourth-order valence-corrected chi connectivity index (χ4v) is 1.68. The fourth-order valence-electron chi connectivity index (χ4n) is 1.68. The molecule has 2 bridgehead atoms. The third-order valence-corrected chi connectivity index (χ3v) is 2.16. The predicted octanol–water partition coefficient (Wildman–Crippen LogP) is 1.22. The molecule has 2 nitrogen and oxygen atoms in total.